The van der Waals surface area contributed by atoms with E-state index in [4.69, 9.17) is 10.00 Å². The van der Waals surface area contributed by atoms with Gasteiger partial charge < -0.3 is 15.2 Å². The molecule has 0 fully saturated rings. The van der Waals surface area contributed by atoms with Crippen LogP contribution in [0.2, 0.25) is 0 Å². The third-order valence-corrected chi connectivity index (χ3v) is 2.58. The number of rotatable bonds is 4. The van der Waals surface area contributed by atoms with Gasteiger partial charge in [-0.05, 0) is 44.9 Å². The van der Waals surface area contributed by atoms with Gasteiger partial charge >= 0.3 is 6.09 Å². The van der Waals surface area contributed by atoms with Crippen LogP contribution in [0.15, 0.2) is 24.3 Å². The highest BCUT2D eigenvalue weighted by Crippen LogP contribution is 2.11. The second-order valence-corrected chi connectivity index (χ2v) is 5.66. The number of amides is 1. The van der Waals surface area contributed by atoms with Crippen molar-refractivity contribution in [2.75, 3.05) is 0 Å². The Morgan fingerprint density at radius 2 is 2.00 bits per heavy atom. The van der Waals surface area contributed by atoms with Crippen molar-refractivity contribution in [3.05, 3.63) is 35.6 Å². The van der Waals surface area contributed by atoms with Crippen LogP contribution in [-0.4, -0.2) is 28.9 Å². The summed E-state index contributed by atoms with van der Waals surface area (Å²) in [6, 6.07) is 6.45. The van der Waals surface area contributed by atoms with Crippen LogP contribution in [0, 0.1) is 17.1 Å². The first-order valence-corrected chi connectivity index (χ1v) is 6.53. The zero-order chi connectivity index (χ0) is 16.0. The molecule has 0 spiro atoms. The molecule has 0 aliphatic carbocycles. The van der Waals surface area contributed by atoms with Crippen LogP contribution in [-0.2, 0) is 11.2 Å². The quantitative estimate of drug-likeness (QED) is 0.834. The molecule has 21 heavy (non-hydrogen) atoms. The Kier molecular flexibility index (Phi) is 5.68. The van der Waals surface area contributed by atoms with Crippen molar-refractivity contribution in [2.24, 2.45) is 0 Å². The summed E-state index contributed by atoms with van der Waals surface area (Å²) in [5.74, 6) is -0.378. The number of carbonyl (C=O) groups excluding carboxylic acids is 1. The molecule has 0 radical (unpaired) electrons. The summed E-state index contributed by atoms with van der Waals surface area (Å²) in [4.78, 5) is 11.7. The number of nitrogens with zero attached hydrogens (tertiary/aromatic N) is 1. The number of hydrogen-bond acceptors (Lipinski definition) is 4. The van der Waals surface area contributed by atoms with Gasteiger partial charge in [-0.1, -0.05) is 12.1 Å². The Bertz CT molecular complexity index is 517. The molecule has 114 valence electrons. The van der Waals surface area contributed by atoms with E-state index in [1.165, 1.54) is 24.3 Å². The van der Waals surface area contributed by atoms with E-state index >= 15 is 0 Å². The molecule has 0 aromatic heterocycles. The van der Waals surface area contributed by atoms with Gasteiger partial charge in [0.25, 0.3) is 0 Å². The molecule has 0 saturated heterocycles. The molecular weight excluding hydrogens is 275 g/mol. The lowest BCUT2D eigenvalue weighted by molar-refractivity contribution is 0.0458. The van der Waals surface area contributed by atoms with E-state index in [1.54, 1.807) is 26.8 Å². The summed E-state index contributed by atoms with van der Waals surface area (Å²) in [5, 5.41) is 21.0. The van der Waals surface area contributed by atoms with Crippen LogP contribution >= 0.6 is 0 Å². The third kappa shape index (κ3) is 6.23. The summed E-state index contributed by atoms with van der Waals surface area (Å²) in [6.45, 7) is 5.13. The van der Waals surface area contributed by atoms with Gasteiger partial charge in [0, 0.05) is 0 Å². The molecule has 0 aliphatic heterocycles. The van der Waals surface area contributed by atoms with Gasteiger partial charge in [-0.15, -0.1) is 0 Å². The molecule has 0 heterocycles. The monoisotopic (exact) mass is 294 g/mol. The highest BCUT2D eigenvalue weighted by molar-refractivity contribution is 5.68. The normalized spacial score (nSPS) is 13.9. The SMILES string of the molecule is CC(C)(C)OC(=O)NC(Cc1ccc(F)cc1)C(O)C#N. The number of aliphatic hydroxyl groups is 1. The summed E-state index contributed by atoms with van der Waals surface area (Å²) in [6.07, 6.45) is -1.92. The topological polar surface area (TPSA) is 82.3 Å². The zero-order valence-electron chi connectivity index (χ0n) is 12.3. The number of ether oxygens (including phenoxy) is 1. The summed E-state index contributed by atoms with van der Waals surface area (Å²) >= 11 is 0. The van der Waals surface area contributed by atoms with Crippen LogP contribution in [0.1, 0.15) is 26.3 Å². The molecule has 1 amide bonds. The Morgan fingerprint density at radius 1 is 1.43 bits per heavy atom. The largest absolute Gasteiger partial charge is 0.444 e. The van der Waals surface area contributed by atoms with E-state index in [0.717, 1.165) is 0 Å². The molecule has 2 N–H and O–H groups in total. The first kappa shape index (κ1) is 16.9. The molecule has 0 saturated carbocycles. The lowest BCUT2D eigenvalue weighted by atomic mass is 10.0. The van der Waals surface area contributed by atoms with Crippen molar-refractivity contribution >= 4 is 6.09 Å². The van der Waals surface area contributed by atoms with E-state index in [1.807, 2.05) is 0 Å². The van der Waals surface area contributed by atoms with E-state index < -0.39 is 23.8 Å². The van der Waals surface area contributed by atoms with Crippen LogP contribution in [0.5, 0.6) is 0 Å². The van der Waals surface area contributed by atoms with Crippen molar-refractivity contribution < 1.29 is 19.0 Å². The summed E-state index contributed by atoms with van der Waals surface area (Å²) in [5.41, 5.74) is 0.00835. The molecule has 5 nitrogen and oxygen atoms in total. The van der Waals surface area contributed by atoms with E-state index in [0.29, 0.717) is 5.56 Å². The Labute approximate surface area is 123 Å². The van der Waals surface area contributed by atoms with E-state index in [9.17, 15) is 14.3 Å². The summed E-state index contributed by atoms with van der Waals surface area (Å²) < 4.78 is 17.9. The van der Waals surface area contributed by atoms with E-state index in [-0.39, 0.29) is 12.2 Å². The second-order valence-electron chi connectivity index (χ2n) is 5.66. The van der Waals surface area contributed by atoms with Crippen LogP contribution in [0.25, 0.3) is 0 Å². The van der Waals surface area contributed by atoms with E-state index in [2.05, 4.69) is 5.32 Å². The maximum atomic E-state index is 12.9. The number of nitrogens with one attached hydrogen (secondary N) is 1. The van der Waals surface area contributed by atoms with Crippen LogP contribution in [0.3, 0.4) is 0 Å². The molecule has 2 unspecified atom stereocenters. The standard InChI is InChI=1S/C15H19FN2O3/c1-15(2,3)21-14(20)18-12(13(19)9-17)8-10-4-6-11(16)7-5-10/h4-7,12-13,19H,8H2,1-3H3,(H,18,20). The fraction of sp³-hybridized carbons (Fsp3) is 0.467. The van der Waals surface area contributed by atoms with Gasteiger partial charge in [0.05, 0.1) is 12.1 Å². The highest BCUT2D eigenvalue weighted by Gasteiger charge is 2.24. The molecule has 1 aromatic carbocycles. The number of hydrogen-bond donors (Lipinski definition) is 2. The molecule has 0 aliphatic rings. The maximum absolute atomic E-state index is 12.9. The van der Waals surface area contributed by atoms with Gasteiger partial charge in [0.2, 0.25) is 0 Å². The lowest BCUT2D eigenvalue weighted by Crippen LogP contribution is -2.46. The fourth-order valence-corrected chi connectivity index (χ4v) is 1.66. The van der Waals surface area contributed by atoms with Crippen molar-refractivity contribution in [2.45, 2.75) is 44.9 Å². The molecule has 1 aromatic rings. The number of nitriles is 1. The molecule has 1 rings (SSSR count). The molecular formula is C15H19FN2O3. The minimum Gasteiger partial charge on any atom is -0.444 e. The van der Waals surface area contributed by atoms with Gasteiger partial charge in [-0.3, -0.25) is 0 Å². The van der Waals surface area contributed by atoms with Gasteiger partial charge in [-0.2, -0.15) is 5.26 Å². The first-order chi connectivity index (χ1) is 9.71. The van der Waals surface area contributed by atoms with Crippen LogP contribution in [0.4, 0.5) is 9.18 Å². The van der Waals surface area contributed by atoms with Crippen LogP contribution < -0.4 is 5.32 Å². The number of carbonyl (C=O) groups is 1. The maximum Gasteiger partial charge on any atom is 0.408 e. The van der Waals surface area contributed by atoms with Crippen molar-refractivity contribution in [1.82, 2.24) is 5.32 Å². The molecule has 0 bridgehead atoms. The van der Waals surface area contributed by atoms with Gasteiger partial charge in [-0.25, -0.2) is 9.18 Å². The van der Waals surface area contributed by atoms with Crippen molar-refractivity contribution in [3.8, 4) is 6.07 Å². The minimum atomic E-state index is -1.39. The van der Waals surface area contributed by atoms with Gasteiger partial charge in [0.1, 0.15) is 11.4 Å². The fourth-order valence-electron chi connectivity index (χ4n) is 1.66. The Morgan fingerprint density at radius 3 is 2.48 bits per heavy atom. The number of alkyl carbamates (subject to hydrolysis) is 1. The third-order valence-electron chi connectivity index (χ3n) is 2.58. The Hall–Kier alpha value is -2.13. The smallest absolute Gasteiger partial charge is 0.408 e. The van der Waals surface area contributed by atoms with Crippen molar-refractivity contribution in [3.63, 3.8) is 0 Å². The first-order valence-electron chi connectivity index (χ1n) is 6.53. The molecule has 2 atom stereocenters. The Balaban J connectivity index is 2.75. The lowest BCUT2D eigenvalue weighted by Gasteiger charge is -2.24. The second kappa shape index (κ2) is 7.04. The minimum absolute atomic E-state index is 0.189. The molecule has 6 heteroatoms. The summed E-state index contributed by atoms with van der Waals surface area (Å²) in [7, 11) is 0. The number of halogens is 1. The predicted octanol–water partition coefficient (Wildman–Crippen LogP) is 2.15. The van der Waals surface area contributed by atoms with Crippen molar-refractivity contribution in [1.29, 1.82) is 5.26 Å². The van der Waals surface area contributed by atoms with Gasteiger partial charge in [0.15, 0.2) is 6.10 Å². The zero-order valence-corrected chi connectivity index (χ0v) is 12.3. The number of aliphatic hydroxyl groups excluding tert-OH is 1. The number of benzene rings is 1. The average molecular weight is 294 g/mol. The average Bonchev–Trinajstić information content (AvgIpc) is 2.37. The highest BCUT2D eigenvalue weighted by atomic mass is 19.1. The predicted molar refractivity (Wildman–Crippen MR) is 74.9 cm³/mol.